The third-order valence-electron chi connectivity index (χ3n) is 5.69. The number of likely N-dealkylation sites (tertiary alicyclic amines) is 1. The largest absolute Gasteiger partial charge is 0.378 e. The van der Waals surface area contributed by atoms with E-state index in [9.17, 15) is 0 Å². The summed E-state index contributed by atoms with van der Waals surface area (Å²) in [6.45, 7) is 6.67. The third-order valence-corrected chi connectivity index (χ3v) is 5.69. The summed E-state index contributed by atoms with van der Waals surface area (Å²) in [7, 11) is 0. The molecule has 1 aromatic carbocycles. The average molecular weight is 385 g/mol. The Balaban J connectivity index is 0.00000113. The minimum absolute atomic E-state index is 0. The van der Waals surface area contributed by atoms with Crippen molar-refractivity contribution in [3.63, 3.8) is 0 Å². The van der Waals surface area contributed by atoms with Crippen LogP contribution in [0.4, 0.5) is 0 Å². The predicted molar refractivity (Wildman–Crippen MR) is 109 cm³/mol. The molecular formula is C20H30Cl2N2O. The number of piperidine rings is 1. The van der Waals surface area contributed by atoms with Gasteiger partial charge in [0.15, 0.2) is 0 Å². The van der Waals surface area contributed by atoms with Gasteiger partial charge >= 0.3 is 0 Å². The lowest BCUT2D eigenvalue weighted by atomic mass is 10.0. The maximum absolute atomic E-state index is 5.32. The van der Waals surface area contributed by atoms with E-state index in [2.05, 4.69) is 53.5 Å². The van der Waals surface area contributed by atoms with Crippen LogP contribution in [0.15, 0.2) is 35.9 Å². The molecule has 1 saturated carbocycles. The molecule has 2 heterocycles. The molecule has 2 atom stereocenters. The van der Waals surface area contributed by atoms with E-state index >= 15 is 0 Å². The molecule has 2 saturated heterocycles. The molecule has 3 fully saturated rings. The fourth-order valence-corrected chi connectivity index (χ4v) is 3.97. The zero-order valence-corrected chi connectivity index (χ0v) is 16.5. The predicted octanol–water partition coefficient (Wildman–Crippen LogP) is 3.77. The van der Waals surface area contributed by atoms with Gasteiger partial charge in [0.25, 0.3) is 0 Å². The van der Waals surface area contributed by atoms with Gasteiger partial charge in [-0.1, -0.05) is 42.0 Å². The van der Waals surface area contributed by atoms with Gasteiger partial charge in [-0.25, -0.2) is 0 Å². The highest BCUT2D eigenvalue weighted by Crippen LogP contribution is 2.38. The molecule has 4 rings (SSSR count). The van der Waals surface area contributed by atoms with Crippen LogP contribution in [0.3, 0.4) is 0 Å². The molecule has 5 heteroatoms. The standard InChI is InChI=1S/C20H28N2O.2ClH/c1-15(11-16-5-3-2-4-6-16)19-12-20(19)21-17-7-9-22(10-8-17)18-13-23-14-18;;/h2-6,11,17-21H,7-10,12-14H2,1H3;2*1H. The summed E-state index contributed by atoms with van der Waals surface area (Å²) in [4.78, 5) is 2.62. The summed E-state index contributed by atoms with van der Waals surface area (Å²) in [5.74, 6) is 0.744. The van der Waals surface area contributed by atoms with E-state index in [-0.39, 0.29) is 24.8 Å². The number of nitrogens with one attached hydrogen (secondary N) is 1. The van der Waals surface area contributed by atoms with E-state index in [1.54, 1.807) is 0 Å². The molecule has 3 nitrogen and oxygen atoms in total. The van der Waals surface area contributed by atoms with Crippen molar-refractivity contribution in [2.24, 2.45) is 5.92 Å². The lowest BCUT2D eigenvalue weighted by molar-refractivity contribution is -0.0719. The Morgan fingerprint density at radius 3 is 2.40 bits per heavy atom. The van der Waals surface area contributed by atoms with Crippen LogP contribution < -0.4 is 5.32 Å². The van der Waals surface area contributed by atoms with Crippen LogP contribution in [-0.4, -0.2) is 49.3 Å². The number of hydrogen-bond acceptors (Lipinski definition) is 3. The van der Waals surface area contributed by atoms with Crippen molar-refractivity contribution in [1.82, 2.24) is 10.2 Å². The van der Waals surface area contributed by atoms with Crippen molar-refractivity contribution in [3.05, 3.63) is 41.5 Å². The minimum atomic E-state index is 0. The van der Waals surface area contributed by atoms with Crippen LogP contribution in [0.25, 0.3) is 6.08 Å². The first-order valence-corrected chi connectivity index (χ1v) is 9.10. The molecule has 3 aliphatic rings. The van der Waals surface area contributed by atoms with Crippen molar-refractivity contribution in [3.8, 4) is 0 Å². The second-order valence-electron chi connectivity index (χ2n) is 7.42. The van der Waals surface area contributed by atoms with Crippen molar-refractivity contribution >= 4 is 30.9 Å². The molecule has 1 aromatic rings. The molecule has 140 valence electrons. The molecule has 0 aromatic heterocycles. The van der Waals surface area contributed by atoms with Crippen molar-refractivity contribution in [2.45, 2.75) is 44.3 Å². The van der Waals surface area contributed by atoms with Crippen LogP contribution in [0, 0.1) is 5.92 Å². The maximum atomic E-state index is 5.32. The lowest BCUT2D eigenvalue weighted by Crippen LogP contribution is -2.54. The monoisotopic (exact) mass is 384 g/mol. The van der Waals surface area contributed by atoms with Gasteiger partial charge in [-0.3, -0.25) is 4.90 Å². The average Bonchev–Trinajstić information content (AvgIpc) is 3.28. The van der Waals surface area contributed by atoms with Crippen molar-refractivity contribution in [1.29, 1.82) is 0 Å². The summed E-state index contributed by atoms with van der Waals surface area (Å²) < 4.78 is 5.32. The molecule has 0 bridgehead atoms. The van der Waals surface area contributed by atoms with E-state index in [1.807, 2.05) is 0 Å². The fourth-order valence-electron chi connectivity index (χ4n) is 3.97. The van der Waals surface area contributed by atoms with E-state index in [4.69, 9.17) is 4.74 Å². The Kier molecular flexibility index (Phi) is 7.78. The third kappa shape index (κ3) is 5.21. The quantitative estimate of drug-likeness (QED) is 0.835. The zero-order chi connectivity index (χ0) is 15.6. The second kappa shape index (κ2) is 9.38. The molecule has 25 heavy (non-hydrogen) atoms. The highest BCUT2D eigenvalue weighted by Gasteiger charge is 2.40. The number of benzene rings is 1. The lowest BCUT2D eigenvalue weighted by Gasteiger charge is -2.41. The van der Waals surface area contributed by atoms with Gasteiger partial charge in [-0.05, 0) is 37.7 Å². The molecular weight excluding hydrogens is 355 g/mol. The number of rotatable bonds is 5. The highest BCUT2D eigenvalue weighted by atomic mass is 35.5. The summed E-state index contributed by atoms with van der Waals surface area (Å²) >= 11 is 0. The smallest absolute Gasteiger partial charge is 0.0645 e. The first-order chi connectivity index (χ1) is 11.3. The molecule has 2 unspecified atom stereocenters. The first-order valence-electron chi connectivity index (χ1n) is 9.10. The van der Waals surface area contributed by atoms with Crippen molar-refractivity contribution < 1.29 is 4.74 Å². The van der Waals surface area contributed by atoms with E-state index in [0.717, 1.165) is 19.1 Å². The van der Waals surface area contributed by atoms with Gasteiger partial charge in [0.1, 0.15) is 0 Å². The summed E-state index contributed by atoms with van der Waals surface area (Å²) in [5.41, 5.74) is 2.85. The summed E-state index contributed by atoms with van der Waals surface area (Å²) in [6, 6.07) is 12.8. The van der Waals surface area contributed by atoms with Crippen LogP contribution >= 0.6 is 24.8 Å². The van der Waals surface area contributed by atoms with Crippen molar-refractivity contribution in [2.75, 3.05) is 26.3 Å². The van der Waals surface area contributed by atoms with Gasteiger partial charge in [0.05, 0.1) is 19.3 Å². The summed E-state index contributed by atoms with van der Waals surface area (Å²) in [5, 5.41) is 3.91. The van der Waals surface area contributed by atoms with Crippen LogP contribution in [0.5, 0.6) is 0 Å². The number of halogens is 2. The zero-order valence-electron chi connectivity index (χ0n) is 14.9. The first kappa shape index (κ1) is 20.7. The molecule has 2 aliphatic heterocycles. The Hall–Kier alpha value is -0.580. The number of nitrogens with zero attached hydrogens (tertiary/aromatic N) is 1. The Labute approximate surface area is 164 Å². The molecule has 0 radical (unpaired) electrons. The molecule has 1 aliphatic carbocycles. The molecule has 1 N–H and O–H groups in total. The van der Waals surface area contributed by atoms with Crippen LogP contribution in [0.1, 0.15) is 31.7 Å². The van der Waals surface area contributed by atoms with Gasteiger partial charge < -0.3 is 10.1 Å². The number of ether oxygens (including phenoxy) is 1. The molecule has 0 spiro atoms. The van der Waals surface area contributed by atoms with Gasteiger partial charge in [-0.2, -0.15) is 0 Å². The number of hydrogen-bond donors (Lipinski definition) is 1. The fraction of sp³-hybridized carbons (Fsp3) is 0.600. The highest BCUT2D eigenvalue weighted by molar-refractivity contribution is 5.85. The second-order valence-corrected chi connectivity index (χ2v) is 7.42. The normalized spacial score (nSPS) is 27.8. The summed E-state index contributed by atoms with van der Waals surface area (Å²) in [6.07, 6.45) is 6.25. The van der Waals surface area contributed by atoms with Gasteiger partial charge in [-0.15, -0.1) is 24.8 Å². The van der Waals surface area contributed by atoms with E-state index < -0.39 is 0 Å². The Morgan fingerprint density at radius 1 is 1.12 bits per heavy atom. The van der Waals surface area contributed by atoms with Crippen LogP contribution in [-0.2, 0) is 4.74 Å². The van der Waals surface area contributed by atoms with Gasteiger partial charge in [0.2, 0.25) is 0 Å². The van der Waals surface area contributed by atoms with Gasteiger partial charge in [0, 0.05) is 25.2 Å². The Bertz CT molecular complexity index is 554. The van der Waals surface area contributed by atoms with E-state index in [1.165, 1.54) is 43.5 Å². The van der Waals surface area contributed by atoms with E-state index in [0.29, 0.717) is 18.1 Å². The van der Waals surface area contributed by atoms with Crippen LogP contribution in [0.2, 0.25) is 0 Å². The SMILES string of the molecule is CC(=Cc1ccccc1)C1CC1NC1CCN(C2COC2)CC1.Cl.Cl. The Morgan fingerprint density at radius 2 is 1.80 bits per heavy atom. The molecule has 0 amide bonds. The maximum Gasteiger partial charge on any atom is 0.0645 e. The topological polar surface area (TPSA) is 24.5 Å². The minimum Gasteiger partial charge on any atom is -0.378 e.